The van der Waals surface area contributed by atoms with Gasteiger partial charge >= 0.3 is 12.1 Å². The predicted molar refractivity (Wildman–Crippen MR) is 220 cm³/mol. The number of amides is 2. The number of carbonyl (C=O) groups is 3. The Kier molecular flexibility index (Phi) is 12.8. The summed E-state index contributed by atoms with van der Waals surface area (Å²) in [5, 5.41) is 13.9. The molecule has 0 radical (unpaired) electrons. The van der Waals surface area contributed by atoms with Crippen LogP contribution in [0.4, 0.5) is 13.2 Å². The summed E-state index contributed by atoms with van der Waals surface area (Å²) >= 11 is 0. The van der Waals surface area contributed by atoms with Crippen LogP contribution in [-0.2, 0) is 20.8 Å². The molecule has 4 bridgehead atoms. The molecule has 0 aromatic heterocycles. The van der Waals surface area contributed by atoms with Crippen molar-refractivity contribution in [2.45, 2.75) is 139 Å². The van der Waals surface area contributed by atoms with Crippen molar-refractivity contribution < 1.29 is 32.7 Å². The molecule has 2 aliphatic carbocycles. The smallest absolute Gasteiger partial charge is 0.475 e. The van der Waals surface area contributed by atoms with Gasteiger partial charge < -0.3 is 15.7 Å². The quantitative estimate of drug-likeness (QED) is 0.158. The summed E-state index contributed by atoms with van der Waals surface area (Å²) < 4.78 is 31.7. The standard InChI is InChI=1S/C46H58N4O2.C2HF3O2/c51-45(47-34-18-14-31(15-19-34)26-28-49-41-22-23-42(49)37-11-5-4-10-36(37)41)40(30-33-8-2-1-3-9-33)46(52)48-35-20-16-32(17-21-35)27-29-50-43-24-25-44(50)39-13-7-6-12-38(39)43;3-2(4,5)1(6)7/h1-13,31-32,34-35,40-44H,14-30H2,(H,47,51)(H,48,52);(H,6,7)/t31?,32?,34?,35?,40?,41-,42+,43-,44+;. The molecule has 3 aromatic carbocycles. The van der Waals surface area contributed by atoms with Gasteiger partial charge in [0.1, 0.15) is 5.92 Å². The molecule has 2 saturated carbocycles. The van der Waals surface area contributed by atoms with Crippen LogP contribution < -0.4 is 10.6 Å². The Hall–Kier alpha value is -4.22. The summed E-state index contributed by atoms with van der Waals surface area (Å²) in [5.41, 5.74) is 7.31. The van der Waals surface area contributed by atoms with Gasteiger partial charge in [-0.2, -0.15) is 13.2 Å². The van der Waals surface area contributed by atoms with E-state index in [0.717, 1.165) is 68.8 Å². The number of carboxylic acid groups (broad SMARTS) is 1. The van der Waals surface area contributed by atoms with E-state index in [4.69, 9.17) is 9.90 Å². The molecule has 8 nitrogen and oxygen atoms in total. The van der Waals surface area contributed by atoms with Gasteiger partial charge in [0.05, 0.1) is 0 Å². The zero-order valence-electron chi connectivity index (χ0n) is 33.9. The fourth-order valence-electron chi connectivity index (χ4n) is 11.5. The molecule has 11 heteroatoms. The lowest BCUT2D eigenvalue weighted by atomic mass is 9.83. The van der Waals surface area contributed by atoms with Crippen LogP contribution in [0.5, 0.6) is 0 Å². The number of aliphatic carboxylic acids is 1. The first-order valence-corrected chi connectivity index (χ1v) is 22.2. The van der Waals surface area contributed by atoms with Gasteiger partial charge in [-0.3, -0.25) is 19.4 Å². The summed E-state index contributed by atoms with van der Waals surface area (Å²) in [6.07, 6.45) is 11.7. The third kappa shape index (κ3) is 9.41. The largest absolute Gasteiger partial charge is 0.490 e. The Morgan fingerprint density at radius 2 is 0.898 bits per heavy atom. The van der Waals surface area contributed by atoms with Crippen molar-refractivity contribution in [3.8, 4) is 0 Å². The Morgan fingerprint density at radius 3 is 1.24 bits per heavy atom. The van der Waals surface area contributed by atoms with Crippen LogP contribution in [0.1, 0.15) is 142 Å². The first-order chi connectivity index (χ1) is 28.5. The molecule has 0 unspecified atom stereocenters. The van der Waals surface area contributed by atoms with E-state index in [0.29, 0.717) is 30.6 Å². The average Bonchev–Trinajstić information content (AvgIpc) is 4.01. The molecule has 3 aromatic rings. The van der Waals surface area contributed by atoms with Crippen LogP contribution in [0.2, 0.25) is 0 Å². The highest BCUT2D eigenvalue weighted by molar-refractivity contribution is 6.00. The van der Waals surface area contributed by atoms with Crippen molar-refractivity contribution in [2.24, 2.45) is 17.8 Å². The van der Waals surface area contributed by atoms with Crippen molar-refractivity contribution in [3.05, 3.63) is 107 Å². The minimum atomic E-state index is -5.08. The molecular weight excluding hydrogens is 754 g/mol. The Morgan fingerprint density at radius 1 is 0.559 bits per heavy atom. The fraction of sp³-hybridized carbons (Fsp3) is 0.562. The number of rotatable bonds is 12. The van der Waals surface area contributed by atoms with Gasteiger partial charge in [-0.1, -0.05) is 78.9 Å². The highest BCUT2D eigenvalue weighted by Crippen LogP contribution is 2.54. The van der Waals surface area contributed by atoms with Gasteiger partial charge in [0.15, 0.2) is 0 Å². The molecule has 2 saturated heterocycles. The van der Waals surface area contributed by atoms with E-state index in [1.54, 1.807) is 22.3 Å². The van der Waals surface area contributed by atoms with Crippen molar-refractivity contribution in [1.82, 2.24) is 20.4 Å². The number of hydrogen-bond acceptors (Lipinski definition) is 5. The Labute approximate surface area is 346 Å². The molecule has 2 amide bonds. The molecule has 9 rings (SSSR count). The minimum Gasteiger partial charge on any atom is -0.475 e. The zero-order valence-corrected chi connectivity index (χ0v) is 33.9. The number of alkyl halides is 3. The van der Waals surface area contributed by atoms with Crippen LogP contribution in [0.25, 0.3) is 0 Å². The second-order valence-corrected chi connectivity index (χ2v) is 18.0. The Bertz CT molecular complexity index is 1760. The minimum absolute atomic E-state index is 0.0915. The van der Waals surface area contributed by atoms with Crippen molar-refractivity contribution in [2.75, 3.05) is 13.1 Å². The first kappa shape index (κ1) is 41.5. The molecule has 6 aliphatic rings. The van der Waals surface area contributed by atoms with Crippen molar-refractivity contribution in [1.29, 1.82) is 0 Å². The normalized spacial score (nSPS) is 28.9. The van der Waals surface area contributed by atoms with Crippen LogP contribution >= 0.6 is 0 Å². The van der Waals surface area contributed by atoms with Crippen LogP contribution in [-0.4, -0.2) is 64.0 Å². The molecule has 4 heterocycles. The second-order valence-electron chi connectivity index (χ2n) is 18.0. The monoisotopic (exact) mass is 812 g/mol. The van der Waals surface area contributed by atoms with Gasteiger partial charge in [-0.05, 0) is 149 Å². The first-order valence-electron chi connectivity index (χ1n) is 22.2. The van der Waals surface area contributed by atoms with Crippen LogP contribution in [0.15, 0.2) is 78.9 Å². The summed E-state index contributed by atoms with van der Waals surface area (Å²) in [6.45, 7) is 2.36. The maximum atomic E-state index is 13.9. The highest BCUT2D eigenvalue weighted by Gasteiger charge is 2.45. The molecular formula is C48H59F3N4O4. The van der Waals surface area contributed by atoms with Crippen LogP contribution in [0.3, 0.4) is 0 Å². The zero-order chi connectivity index (χ0) is 41.1. The van der Waals surface area contributed by atoms with Gasteiger partial charge in [0.25, 0.3) is 0 Å². The van der Waals surface area contributed by atoms with Gasteiger partial charge in [0, 0.05) is 36.3 Å². The summed E-state index contributed by atoms with van der Waals surface area (Å²) in [6, 6.07) is 31.1. The summed E-state index contributed by atoms with van der Waals surface area (Å²) in [5.74, 6) is -2.20. The summed E-state index contributed by atoms with van der Waals surface area (Å²) in [4.78, 5) is 42.2. The lowest BCUT2D eigenvalue weighted by Crippen LogP contribution is -2.49. The number of nitrogens with zero attached hydrogens (tertiary/aromatic N) is 2. The second kappa shape index (κ2) is 18.2. The van der Waals surface area contributed by atoms with Gasteiger partial charge in [-0.15, -0.1) is 0 Å². The van der Waals surface area contributed by atoms with Crippen LogP contribution in [0, 0.1) is 17.8 Å². The van der Waals surface area contributed by atoms with E-state index in [-0.39, 0.29) is 23.9 Å². The predicted octanol–water partition coefficient (Wildman–Crippen LogP) is 9.39. The number of benzene rings is 3. The average molecular weight is 813 g/mol. The van der Waals surface area contributed by atoms with Gasteiger partial charge in [0.2, 0.25) is 11.8 Å². The van der Waals surface area contributed by atoms with Crippen molar-refractivity contribution >= 4 is 17.8 Å². The number of carbonyl (C=O) groups excluding carboxylic acids is 2. The third-order valence-corrected chi connectivity index (χ3v) is 14.6. The number of fused-ring (bicyclic) bond motifs is 10. The maximum absolute atomic E-state index is 13.9. The van der Waals surface area contributed by atoms with Crippen molar-refractivity contribution in [3.63, 3.8) is 0 Å². The lowest BCUT2D eigenvalue weighted by Gasteiger charge is -2.33. The number of halogens is 3. The molecule has 316 valence electrons. The highest BCUT2D eigenvalue weighted by atomic mass is 19.4. The number of nitrogens with one attached hydrogen (secondary N) is 2. The maximum Gasteiger partial charge on any atom is 0.490 e. The SMILES string of the molecule is O=C(NC1CCC(CCN2[C@@H]3CC[C@H]2c2ccccc23)CC1)C(Cc1ccccc1)C(=O)NC1CCC(CCN2[C@@H]3CC[C@H]2c2ccccc23)CC1.O=C(O)C(F)(F)F. The number of hydrogen-bond donors (Lipinski definition) is 3. The molecule has 3 N–H and O–H groups in total. The molecule has 0 spiro atoms. The van der Waals surface area contributed by atoms with E-state index in [1.165, 1.54) is 51.6 Å². The van der Waals surface area contributed by atoms with E-state index in [1.807, 2.05) is 30.3 Å². The van der Waals surface area contributed by atoms with Gasteiger partial charge in [-0.25, -0.2) is 4.79 Å². The lowest BCUT2D eigenvalue weighted by molar-refractivity contribution is -0.192. The van der Waals surface area contributed by atoms with E-state index in [2.05, 4.69) is 69.0 Å². The Balaban J connectivity index is 0.000000637. The van der Waals surface area contributed by atoms with E-state index < -0.39 is 18.1 Å². The molecule has 4 aliphatic heterocycles. The third-order valence-electron chi connectivity index (χ3n) is 14.6. The topological polar surface area (TPSA) is 102 Å². The fourth-order valence-corrected chi connectivity index (χ4v) is 11.5. The molecule has 59 heavy (non-hydrogen) atoms. The number of carboxylic acids is 1. The molecule has 4 fully saturated rings. The van der Waals surface area contributed by atoms with E-state index in [9.17, 15) is 22.8 Å². The summed E-state index contributed by atoms with van der Waals surface area (Å²) in [7, 11) is 0. The molecule has 4 atom stereocenters. The van der Waals surface area contributed by atoms with E-state index >= 15 is 0 Å².